The summed E-state index contributed by atoms with van der Waals surface area (Å²) in [7, 11) is 3.18. The Kier molecular flexibility index (Phi) is 4.01. The van der Waals surface area contributed by atoms with Gasteiger partial charge < -0.3 is 9.47 Å². The van der Waals surface area contributed by atoms with E-state index in [1.54, 1.807) is 16.2 Å². The molecule has 3 unspecified atom stereocenters. The highest BCUT2D eigenvalue weighted by Gasteiger charge is 2.55. The molecule has 8 nitrogen and oxygen atoms in total. The number of nitrogens with zero attached hydrogens (tertiary/aromatic N) is 4. The van der Waals surface area contributed by atoms with Crippen LogP contribution < -0.4 is 19.6 Å². The molecule has 2 aliphatic heterocycles. The van der Waals surface area contributed by atoms with Crippen LogP contribution >= 0.6 is 11.3 Å². The lowest BCUT2D eigenvalue weighted by Crippen LogP contribution is -2.58. The van der Waals surface area contributed by atoms with Crippen LogP contribution in [-0.4, -0.2) is 33.2 Å². The second kappa shape index (κ2) is 6.40. The molecule has 4 heterocycles. The normalized spacial score (nSPS) is 24.5. The van der Waals surface area contributed by atoms with E-state index >= 15 is 0 Å². The van der Waals surface area contributed by atoms with Crippen LogP contribution in [-0.2, 0) is 16.6 Å². The van der Waals surface area contributed by atoms with Crippen LogP contribution in [0.4, 0.5) is 0 Å². The smallest absolute Gasteiger partial charge is 0.317 e. The van der Waals surface area contributed by atoms with Crippen LogP contribution in [0.15, 0.2) is 40.2 Å². The summed E-state index contributed by atoms with van der Waals surface area (Å²) in [5.41, 5.74) is 1.11. The van der Waals surface area contributed by atoms with Crippen LogP contribution in [0.2, 0.25) is 0 Å². The highest BCUT2D eigenvalue weighted by Crippen LogP contribution is 2.47. The van der Waals surface area contributed by atoms with Crippen molar-refractivity contribution in [2.45, 2.75) is 25.6 Å². The van der Waals surface area contributed by atoms with E-state index in [1.807, 2.05) is 50.5 Å². The number of rotatable bonds is 2. The van der Waals surface area contributed by atoms with Gasteiger partial charge in [-0.15, -0.1) is 0 Å². The molecule has 0 saturated carbocycles. The van der Waals surface area contributed by atoms with Gasteiger partial charge in [0.05, 0.1) is 23.4 Å². The van der Waals surface area contributed by atoms with Crippen LogP contribution in [0.1, 0.15) is 29.8 Å². The van der Waals surface area contributed by atoms with Gasteiger partial charge in [-0.25, -0.2) is 4.99 Å². The van der Waals surface area contributed by atoms with Crippen LogP contribution in [0.3, 0.4) is 0 Å². The molecule has 0 spiro atoms. The number of hydrogen-bond donors (Lipinski definition) is 0. The molecule has 0 radical (unpaired) electrons. The summed E-state index contributed by atoms with van der Waals surface area (Å²) in [6.45, 7) is 3.66. The maximum atomic E-state index is 13.5. The molecule has 2 bridgehead atoms. The van der Waals surface area contributed by atoms with E-state index in [-0.39, 0.29) is 5.56 Å². The van der Waals surface area contributed by atoms with Gasteiger partial charge in [-0.3, -0.25) is 18.8 Å². The Morgan fingerprint density at radius 2 is 2.13 bits per heavy atom. The number of para-hydroxylation sites is 1. The molecule has 30 heavy (non-hydrogen) atoms. The highest BCUT2D eigenvalue weighted by molar-refractivity contribution is 7.07. The number of benzene rings is 1. The van der Waals surface area contributed by atoms with E-state index in [0.717, 1.165) is 16.8 Å². The number of methoxy groups -OCH3 is 1. The Morgan fingerprint density at radius 3 is 2.83 bits per heavy atom. The SMILES string of the molecule is COC(=O)C1C2c3ccccc3OC1(C)N=c1s/c(=C\c3cn(C)nc3C)c(=O)n12. The molecule has 154 valence electrons. The topological polar surface area (TPSA) is 87.7 Å². The second-order valence-corrected chi connectivity index (χ2v) is 8.67. The third-order valence-electron chi connectivity index (χ3n) is 5.67. The largest absolute Gasteiger partial charge is 0.469 e. The van der Waals surface area contributed by atoms with Crippen molar-refractivity contribution < 1.29 is 14.3 Å². The lowest BCUT2D eigenvalue weighted by Gasteiger charge is -2.44. The fraction of sp³-hybridized carbons (Fsp3) is 0.333. The van der Waals surface area contributed by atoms with Gasteiger partial charge in [-0.1, -0.05) is 29.5 Å². The van der Waals surface area contributed by atoms with Crippen LogP contribution in [0.25, 0.3) is 6.08 Å². The van der Waals surface area contributed by atoms with Crippen molar-refractivity contribution in [3.8, 4) is 5.75 Å². The van der Waals surface area contributed by atoms with Gasteiger partial charge in [0, 0.05) is 24.4 Å². The van der Waals surface area contributed by atoms with Crippen LogP contribution in [0, 0.1) is 12.8 Å². The molecular formula is C21H20N4O4S. The van der Waals surface area contributed by atoms with Crippen molar-refractivity contribution in [1.82, 2.24) is 14.3 Å². The first-order valence-electron chi connectivity index (χ1n) is 9.51. The Hall–Kier alpha value is -3.20. The van der Waals surface area contributed by atoms with Crippen molar-refractivity contribution >= 4 is 23.4 Å². The van der Waals surface area contributed by atoms with Crippen molar-refractivity contribution in [1.29, 1.82) is 0 Å². The van der Waals surface area contributed by atoms with E-state index in [9.17, 15) is 9.59 Å². The van der Waals surface area contributed by atoms with Crippen molar-refractivity contribution in [2.24, 2.45) is 18.0 Å². The zero-order valence-electron chi connectivity index (χ0n) is 16.9. The van der Waals surface area contributed by atoms with E-state index in [0.29, 0.717) is 15.1 Å². The lowest BCUT2D eigenvalue weighted by atomic mass is 9.81. The summed E-state index contributed by atoms with van der Waals surface area (Å²) >= 11 is 1.29. The number of carbonyl (C=O) groups excluding carboxylic acids is 1. The number of esters is 1. The van der Waals surface area contributed by atoms with E-state index < -0.39 is 23.7 Å². The van der Waals surface area contributed by atoms with Gasteiger partial charge in [0.15, 0.2) is 4.80 Å². The number of hydrogen-bond acceptors (Lipinski definition) is 7. The highest BCUT2D eigenvalue weighted by atomic mass is 32.1. The number of aryl methyl sites for hydroxylation is 2. The molecule has 9 heteroatoms. The van der Waals surface area contributed by atoms with Gasteiger partial charge in [0.25, 0.3) is 5.56 Å². The first-order valence-corrected chi connectivity index (χ1v) is 10.3. The molecular weight excluding hydrogens is 404 g/mol. The second-order valence-electron chi connectivity index (χ2n) is 7.66. The molecule has 2 aliphatic rings. The lowest BCUT2D eigenvalue weighted by molar-refractivity contribution is -0.158. The summed E-state index contributed by atoms with van der Waals surface area (Å²) in [6.07, 6.45) is 3.69. The van der Waals surface area contributed by atoms with Crippen molar-refractivity contribution in [3.63, 3.8) is 0 Å². The Bertz CT molecular complexity index is 1370. The predicted molar refractivity (Wildman–Crippen MR) is 110 cm³/mol. The predicted octanol–water partition coefficient (Wildman–Crippen LogP) is 0.901. The fourth-order valence-electron chi connectivity index (χ4n) is 4.33. The third-order valence-corrected chi connectivity index (χ3v) is 6.66. The maximum absolute atomic E-state index is 13.5. The summed E-state index contributed by atoms with van der Waals surface area (Å²) in [4.78, 5) is 31.5. The zero-order chi connectivity index (χ0) is 21.2. The molecule has 1 aromatic carbocycles. The minimum absolute atomic E-state index is 0.195. The van der Waals surface area contributed by atoms with E-state index in [4.69, 9.17) is 14.5 Å². The van der Waals surface area contributed by atoms with Gasteiger partial charge >= 0.3 is 5.97 Å². The molecule has 3 aromatic rings. The Morgan fingerprint density at radius 1 is 1.37 bits per heavy atom. The average molecular weight is 424 g/mol. The Labute approximate surface area is 175 Å². The summed E-state index contributed by atoms with van der Waals surface area (Å²) in [5, 5.41) is 4.34. The summed E-state index contributed by atoms with van der Waals surface area (Å²) in [5.74, 6) is -0.616. The summed E-state index contributed by atoms with van der Waals surface area (Å²) < 4.78 is 15.1. The molecule has 0 saturated heterocycles. The standard InChI is InChI=1S/C21H20N4O4S/c1-11-12(10-24(3)23-11)9-15-18(26)25-17-13-7-5-6-8-14(13)29-21(2,22-20(25)30-15)16(17)19(27)28-4/h5-10,16-17H,1-4H3/b15-9-. The fourth-order valence-corrected chi connectivity index (χ4v) is 5.42. The molecule has 0 N–H and O–H groups in total. The summed E-state index contributed by atoms with van der Waals surface area (Å²) in [6, 6.07) is 6.88. The van der Waals surface area contributed by atoms with Crippen LogP contribution in [0.5, 0.6) is 5.75 Å². The number of aromatic nitrogens is 3. The maximum Gasteiger partial charge on any atom is 0.317 e. The molecule has 5 rings (SSSR count). The quantitative estimate of drug-likeness (QED) is 0.571. The number of thiazole rings is 1. The van der Waals surface area contributed by atoms with E-state index in [2.05, 4.69) is 5.10 Å². The number of fused-ring (bicyclic) bond motifs is 6. The number of ether oxygens (including phenoxy) is 2. The molecule has 2 aromatic heterocycles. The molecule has 0 fully saturated rings. The zero-order valence-corrected chi connectivity index (χ0v) is 17.8. The first-order chi connectivity index (χ1) is 14.3. The third kappa shape index (κ3) is 2.58. The monoisotopic (exact) mass is 424 g/mol. The minimum atomic E-state index is -1.16. The van der Waals surface area contributed by atoms with Gasteiger partial charge in [-0.2, -0.15) is 5.10 Å². The van der Waals surface area contributed by atoms with Crippen molar-refractivity contribution in [2.75, 3.05) is 7.11 Å². The van der Waals surface area contributed by atoms with Gasteiger partial charge in [0.2, 0.25) is 5.72 Å². The minimum Gasteiger partial charge on any atom is -0.469 e. The average Bonchev–Trinajstić information content (AvgIpc) is 3.17. The Balaban J connectivity index is 1.81. The van der Waals surface area contributed by atoms with E-state index in [1.165, 1.54) is 18.4 Å². The molecule has 3 atom stereocenters. The van der Waals surface area contributed by atoms with Gasteiger partial charge in [0.1, 0.15) is 11.7 Å². The first kappa shape index (κ1) is 18.8. The van der Waals surface area contributed by atoms with Crippen molar-refractivity contribution in [3.05, 3.63) is 67.0 Å². The molecule has 0 amide bonds. The number of carbonyl (C=O) groups is 1. The molecule has 0 aliphatic carbocycles. The van der Waals surface area contributed by atoms with Gasteiger partial charge in [-0.05, 0) is 26.0 Å².